The number of hydrogen-bond donors (Lipinski definition) is 3. The second-order valence-electron chi connectivity index (χ2n) is 12.4. The van der Waals surface area contributed by atoms with Crippen molar-refractivity contribution in [2.45, 2.75) is 69.6 Å². The molecule has 1 fully saturated rings. The van der Waals surface area contributed by atoms with E-state index in [0.717, 1.165) is 5.56 Å². The maximum atomic E-state index is 14.3. The van der Waals surface area contributed by atoms with Gasteiger partial charge in [-0.25, -0.2) is 0 Å². The quantitative estimate of drug-likeness (QED) is 0.337. The number of aliphatic hydroxyl groups excluding tert-OH is 1. The van der Waals surface area contributed by atoms with Gasteiger partial charge in [0.2, 0.25) is 5.54 Å². The average Bonchev–Trinajstić information content (AvgIpc) is 3.34. The molecule has 4 atom stereocenters. The number of likely N-dealkylation sites (tertiary alicyclic amines) is 1. The van der Waals surface area contributed by atoms with Crippen LogP contribution in [-0.2, 0) is 26.2 Å². The monoisotopic (exact) mass is 574 g/mol. The van der Waals surface area contributed by atoms with Crippen molar-refractivity contribution in [1.82, 2.24) is 5.32 Å². The standard InChI is InChI=1S/C29H40ClN3O5Si/c1-28(2,3)39(7,8)38-17-18-9-11-21(25(13-18)37-6)29(22-14-19(30)10-12-23(22)32-27(29)36)33(5)16-20(34)15-24(33)26(35)31-4/h9-14,20,24,34H,15-17H2,1-8H3,(H-,31,32,35,36)/p+1/t20-,24+,29?,33?/m1/s1. The highest BCUT2D eigenvalue weighted by Crippen LogP contribution is 2.55. The van der Waals surface area contributed by atoms with Gasteiger partial charge in [-0.2, -0.15) is 0 Å². The van der Waals surface area contributed by atoms with Gasteiger partial charge >= 0.3 is 0 Å². The van der Waals surface area contributed by atoms with Crippen LogP contribution >= 0.6 is 11.6 Å². The van der Waals surface area contributed by atoms with Crippen LogP contribution in [-0.4, -0.2) is 69.6 Å². The molecule has 2 unspecified atom stereocenters. The number of carbonyl (C=O) groups excluding carboxylic acids is 2. The minimum absolute atomic E-state index is 0.0657. The third-order valence-corrected chi connectivity index (χ3v) is 13.8. The Morgan fingerprint density at radius 3 is 2.54 bits per heavy atom. The first-order valence-electron chi connectivity index (χ1n) is 13.3. The van der Waals surface area contributed by atoms with Gasteiger partial charge in [0.1, 0.15) is 18.4 Å². The van der Waals surface area contributed by atoms with Crippen LogP contribution in [0.2, 0.25) is 23.2 Å². The Kier molecular flexibility index (Phi) is 7.72. The van der Waals surface area contributed by atoms with Gasteiger partial charge < -0.3 is 24.9 Å². The van der Waals surface area contributed by atoms with E-state index >= 15 is 0 Å². The molecule has 2 heterocycles. The Morgan fingerprint density at radius 1 is 1.23 bits per heavy atom. The van der Waals surface area contributed by atoms with Gasteiger partial charge in [0, 0.05) is 18.5 Å². The third-order valence-electron chi connectivity index (χ3n) is 9.10. The molecule has 1 saturated heterocycles. The lowest BCUT2D eigenvalue weighted by Gasteiger charge is -2.48. The molecule has 0 aliphatic carbocycles. The molecule has 2 aromatic carbocycles. The molecule has 0 saturated carbocycles. The second-order valence-corrected chi connectivity index (χ2v) is 17.7. The lowest BCUT2D eigenvalue weighted by molar-refractivity contribution is -0.953. The maximum Gasteiger partial charge on any atom is 0.295 e. The molecular weight excluding hydrogens is 534 g/mol. The topological polar surface area (TPSA) is 96.9 Å². The van der Waals surface area contributed by atoms with Gasteiger partial charge in [0.25, 0.3) is 11.8 Å². The summed E-state index contributed by atoms with van der Waals surface area (Å²) in [6, 6.07) is 10.4. The summed E-state index contributed by atoms with van der Waals surface area (Å²) in [5.41, 5.74) is 1.39. The molecule has 0 radical (unpaired) electrons. The van der Waals surface area contributed by atoms with Crippen LogP contribution in [0.5, 0.6) is 5.75 Å². The van der Waals surface area contributed by atoms with Gasteiger partial charge in [0.05, 0.1) is 37.6 Å². The number of aliphatic hydroxyl groups is 1. The molecule has 2 aromatic rings. The highest BCUT2D eigenvalue weighted by atomic mass is 35.5. The first-order valence-corrected chi connectivity index (χ1v) is 16.6. The Bertz CT molecular complexity index is 1300. The van der Waals surface area contributed by atoms with E-state index in [1.165, 1.54) is 0 Å². The van der Waals surface area contributed by atoms with Gasteiger partial charge in [-0.05, 0) is 54.0 Å². The van der Waals surface area contributed by atoms with Crippen LogP contribution in [0.15, 0.2) is 36.4 Å². The fourth-order valence-corrected chi connectivity index (χ4v) is 7.08. The van der Waals surface area contributed by atoms with E-state index < -0.39 is 26.0 Å². The minimum Gasteiger partial charge on any atom is -0.496 e. The first-order chi connectivity index (χ1) is 18.1. The molecule has 0 aromatic heterocycles. The number of anilines is 1. The summed E-state index contributed by atoms with van der Waals surface area (Å²) in [7, 11) is 3.01. The van der Waals surface area contributed by atoms with E-state index in [2.05, 4.69) is 44.5 Å². The van der Waals surface area contributed by atoms with Crippen molar-refractivity contribution in [2.24, 2.45) is 0 Å². The molecule has 3 N–H and O–H groups in total. The summed E-state index contributed by atoms with van der Waals surface area (Å²) in [4.78, 5) is 27.5. The fraction of sp³-hybridized carbons (Fsp3) is 0.517. The number of rotatable bonds is 7. The number of quaternary nitrogens is 1. The molecule has 2 amide bonds. The smallest absolute Gasteiger partial charge is 0.295 e. The lowest BCUT2D eigenvalue weighted by Crippen LogP contribution is -2.68. The Balaban J connectivity index is 1.93. The van der Waals surface area contributed by atoms with E-state index in [1.807, 2.05) is 25.2 Å². The highest BCUT2D eigenvalue weighted by Gasteiger charge is 2.68. The minimum atomic E-state index is -2.00. The normalized spacial score (nSPS) is 26.8. The number of ether oxygens (including phenoxy) is 1. The summed E-state index contributed by atoms with van der Waals surface area (Å²) in [5.74, 6) is -0.0328. The van der Waals surface area contributed by atoms with Gasteiger partial charge in [-0.15, -0.1) is 0 Å². The number of halogens is 1. The van der Waals surface area contributed by atoms with Crippen molar-refractivity contribution in [3.05, 3.63) is 58.1 Å². The third kappa shape index (κ3) is 4.68. The summed E-state index contributed by atoms with van der Waals surface area (Å²) < 4.78 is 12.3. The van der Waals surface area contributed by atoms with Crippen LogP contribution in [0.25, 0.3) is 0 Å². The number of fused-ring (bicyclic) bond motifs is 1. The number of hydrogen-bond acceptors (Lipinski definition) is 5. The molecular formula is C29H41ClN3O5Si+. The molecule has 2 aliphatic heterocycles. The molecule has 4 rings (SSSR count). The summed E-state index contributed by atoms with van der Waals surface area (Å²) in [6.07, 6.45) is -0.546. The zero-order chi connectivity index (χ0) is 29.0. The fourth-order valence-electron chi connectivity index (χ4n) is 5.95. The number of benzene rings is 2. The molecule has 2 aliphatic rings. The van der Waals surface area contributed by atoms with E-state index in [-0.39, 0.29) is 34.3 Å². The number of nitrogens with zero attached hydrogens (tertiary/aromatic N) is 1. The van der Waals surface area contributed by atoms with Crippen molar-refractivity contribution in [1.29, 1.82) is 0 Å². The Labute approximate surface area is 237 Å². The van der Waals surface area contributed by atoms with Crippen molar-refractivity contribution in [2.75, 3.05) is 33.1 Å². The van der Waals surface area contributed by atoms with Crippen molar-refractivity contribution in [3.63, 3.8) is 0 Å². The van der Waals surface area contributed by atoms with E-state index in [9.17, 15) is 14.7 Å². The lowest BCUT2D eigenvalue weighted by atomic mass is 9.78. The van der Waals surface area contributed by atoms with Crippen LogP contribution in [0, 0.1) is 0 Å². The summed E-state index contributed by atoms with van der Waals surface area (Å²) >= 11 is 6.49. The maximum absolute atomic E-state index is 14.3. The number of amides is 2. The van der Waals surface area contributed by atoms with Crippen molar-refractivity contribution >= 4 is 37.4 Å². The molecule has 39 heavy (non-hydrogen) atoms. The second kappa shape index (κ2) is 10.2. The Hall–Kier alpha value is -2.43. The zero-order valence-corrected chi connectivity index (χ0v) is 25.9. The largest absolute Gasteiger partial charge is 0.496 e. The molecule has 0 bridgehead atoms. The van der Waals surface area contributed by atoms with E-state index in [1.54, 1.807) is 32.4 Å². The van der Waals surface area contributed by atoms with Gasteiger partial charge in [-0.1, -0.05) is 38.4 Å². The SMILES string of the molecule is CNC(=O)[C@@H]1C[C@@H](O)C[N+]1(C)C1(c2ccc(CO[Si](C)(C)C(C)(C)C)cc2OC)C(=O)Nc2ccc(Cl)cc21. The summed E-state index contributed by atoms with van der Waals surface area (Å²) in [5, 5.41) is 17.2. The predicted molar refractivity (Wildman–Crippen MR) is 155 cm³/mol. The summed E-state index contributed by atoms with van der Waals surface area (Å²) in [6.45, 7) is 11.6. The Morgan fingerprint density at radius 2 is 1.92 bits per heavy atom. The zero-order valence-electron chi connectivity index (χ0n) is 24.1. The average molecular weight is 575 g/mol. The van der Waals surface area contributed by atoms with E-state index in [0.29, 0.717) is 34.2 Å². The number of carbonyl (C=O) groups is 2. The number of methoxy groups -OCH3 is 1. The van der Waals surface area contributed by atoms with Crippen LogP contribution < -0.4 is 15.4 Å². The molecule has 0 spiro atoms. The predicted octanol–water partition coefficient (Wildman–Crippen LogP) is 4.39. The van der Waals surface area contributed by atoms with E-state index in [4.69, 9.17) is 20.8 Å². The highest BCUT2D eigenvalue weighted by molar-refractivity contribution is 6.74. The molecule has 10 heteroatoms. The van der Waals surface area contributed by atoms with Gasteiger partial charge in [-0.3, -0.25) is 14.1 Å². The van der Waals surface area contributed by atoms with Crippen LogP contribution in [0.3, 0.4) is 0 Å². The van der Waals surface area contributed by atoms with Gasteiger partial charge in [0.15, 0.2) is 14.4 Å². The van der Waals surface area contributed by atoms with Crippen molar-refractivity contribution in [3.8, 4) is 5.75 Å². The molecule has 212 valence electrons. The first kappa shape index (κ1) is 29.5. The van der Waals surface area contributed by atoms with Crippen molar-refractivity contribution < 1.29 is 28.3 Å². The number of nitrogens with one attached hydrogen (secondary N) is 2. The molecule has 8 nitrogen and oxygen atoms in total. The van der Waals surface area contributed by atoms with Crippen LogP contribution in [0.4, 0.5) is 5.69 Å². The van der Waals surface area contributed by atoms with Crippen LogP contribution in [0.1, 0.15) is 43.9 Å². The number of likely N-dealkylation sites (N-methyl/N-ethyl adjacent to an activating group) is 2.